The second-order valence-corrected chi connectivity index (χ2v) is 8.48. The standard InChI is InChI=1S/C26H36N6O.HI/c1-3-27-26(28-13-6-14-32-21(2)30-24-7-4-5-8-25(24)32)29-19-22-9-11-23(12-10-22)20-31-15-17-33-18-16-31;/h4-5,7-12H,3,6,13-20H2,1-2H3,(H2,27,28,29);1H. The molecule has 2 aromatic carbocycles. The molecule has 0 spiro atoms. The molecule has 0 atom stereocenters. The van der Waals surface area contributed by atoms with Gasteiger partial charge in [0.2, 0.25) is 0 Å². The van der Waals surface area contributed by atoms with Gasteiger partial charge >= 0.3 is 0 Å². The first kappa shape index (κ1) is 26.4. The van der Waals surface area contributed by atoms with Gasteiger partial charge in [-0.15, -0.1) is 24.0 Å². The number of imidazole rings is 1. The first-order valence-electron chi connectivity index (χ1n) is 12.0. The van der Waals surface area contributed by atoms with Gasteiger partial charge in [-0.05, 0) is 43.5 Å². The predicted octanol–water partition coefficient (Wildman–Crippen LogP) is 3.94. The summed E-state index contributed by atoms with van der Waals surface area (Å²) in [6, 6.07) is 17.1. The summed E-state index contributed by atoms with van der Waals surface area (Å²) in [5.74, 6) is 1.93. The number of para-hydroxylation sites is 2. The number of ether oxygens (including phenoxy) is 1. The van der Waals surface area contributed by atoms with Crippen LogP contribution in [0.25, 0.3) is 11.0 Å². The largest absolute Gasteiger partial charge is 0.379 e. The average Bonchev–Trinajstić information content (AvgIpc) is 3.16. The van der Waals surface area contributed by atoms with Crippen molar-refractivity contribution >= 4 is 41.0 Å². The zero-order valence-electron chi connectivity index (χ0n) is 20.3. The molecular weight excluding hydrogens is 539 g/mol. The van der Waals surface area contributed by atoms with Crippen LogP contribution in [-0.2, 0) is 24.4 Å². The van der Waals surface area contributed by atoms with Crippen LogP contribution in [0.2, 0.25) is 0 Å². The van der Waals surface area contributed by atoms with E-state index in [1.807, 2.05) is 6.07 Å². The second kappa shape index (κ2) is 13.7. The number of rotatable bonds is 9. The monoisotopic (exact) mass is 576 g/mol. The molecule has 0 radical (unpaired) electrons. The van der Waals surface area contributed by atoms with Crippen molar-refractivity contribution in [2.75, 3.05) is 39.4 Å². The number of aryl methyl sites for hydroxylation is 2. The third-order valence-corrected chi connectivity index (χ3v) is 5.99. The normalized spacial score (nSPS) is 14.7. The molecule has 0 amide bonds. The Morgan fingerprint density at radius 2 is 1.76 bits per heavy atom. The molecule has 7 nitrogen and oxygen atoms in total. The Hall–Kier alpha value is -2.17. The van der Waals surface area contributed by atoms with Crippen LogP contribution in [0.15, 0.2) is 53.5 Å². The minimum absolute atomic E-state index is 0. The van der Waals surface area contributed by atoms with Crippen LogP contribution < -0.4 is 10.6 Å². The van der Waals surface area contributed by atoms with Crippen molar-refractivity contribution in [3.8, 4) is 0 Å². The highest BCUT2D eigenvalue weighted by atomic mass is 127. The maximum atomic E-state index is 5.43. The van der Waals surface area contributed by atoms with Crippen LogP contribution in [0.5, 0.6) is 0 Å². The number of benzene rings is 2. The minimum Gasteiger partial charge on any atom is -0.379 e. The Bertz CT molecular complexity index is 1040. The number of hydrogen-bond donors (Lipinski definition) is 2. The van der Waals surface area contributed by atoms with Crippen molar-refractivity contribution in [3.63, 3.8) is 0 Å². The van der Waals surface area contributed by atoms with Gasteiger partial charge in [0.05, 0.1) is 30.8 Å². The summed E-state index contributed by atoms with van der Waals surface area (Å²) < 4.78 is 7.73. The minimum atomic E-state index is 0. The van der Waals surface area contributed by atoms with Crippen LogP contribution in [-0.4, -0.2) is 59.8 Å². The van der Waals surface area contributed by atoms with Crippen molar-refractivity contribution in [1.29, 1.82) is 0 Å². The zero-order chi connectivity index (χ0) is 22.9. The topological polar surface area (TPSA) is 66.7 Å². The van der Waals surface area contributed by atoms with E-state index in [0.717, 1.165) is 76.2 Å². The molecule has 0 saturated carbocycles. The van der Waals surface area contributed by atoms with Crippen molar-refractivity contribution in [2.24, 2.45) is 4.99 Å². The fraction of sp³-hybridized carbons (Fsp3) is 0.462. The Morgan fingerprint density at radius 1 is 1.03 bits per heavy atom. The Kier molecular flexibility index (Phi) is 10.6. The van der Waals surface area contributed by atoms with Gasteiger partial charge in [-0.1, -0.05) is 36.4 Å². The smallest absolute Gasteiger partial charge is 0.191 e. The molecule has 1 aliphatic rings. The summed E-state index contributed by atoms with van der Waals surface area (Å²) in [5, 5.41) is 6.83. The Balaban J connectivity index is 0.00000324. The lowest BCUT2D eigenvalue weighted by molar-refractivity contribution is 0.0342. The zero-order valence-corrected chi connectivity index (χ0v) is 22.6. The van der Waals surface area contributed by atoms with E-state index in [2.05, 4.69) is 81.4 Å². The van der Waals surface area contributed by atoms with E-state index in [9.17, 15) is 0 Å². The van der Waals surface area contributed by atoms with Crippen molar-refractivity contribution < 1.29 is 4.74 Å². The van der Waals surface area contributed by atoms with Gasteiger partial charge in [-0.2, -0.15) is 0 Å². The number of aliphatic imine (C=N–C) groups is 1. The number of nitrogens with zero attached hydrogens (tertiary/aromatic N) is 4. The van der Waals surface area contributed by atoms with Crippen LogP contribution in [0, 0.1) is 6.92 Å². The van der Waals surface area contributed by atoms with E-state index in [1.54, 1.807) is 0 Å². The van der Waals surface area contributed by atoms with Crippen LogP contribution in [0.1, 0.15) is 30.3 Å². The Labute approximate surface area is 220 Å². The molecule has 2 heterocycles. The molecule has 3 aromatic rings. The van der Waals surface area contributed by atoms with E-state index in [4.69, 9.17) is 9.73 Å². The summed E-state index contributed by atoms with van der Waals surface area (Å²) in [7, 11) is 0. The van der Waals surface area contributed by atoms with Crippen molar-refractivity contribution in [2.45, 2.75) is 39.9 Å². The molecule has 184 valence electrons. The third-order valence-electron chi connectivity index (χ3n) is 5.99. The summed E-state index contributed by atoms with van der Waals surface area (Å²) in [6.45, 7) is 12.2. The fourth-order valence-electron chi connectivity index (χ4n) is 4.20. The molecule has 34 heavy (non-hydrogen) atoms. The maximum absolute atomic E-state index is 5.43. The molecule has 2 N–H and O–H groups in total. The molecule has 1 fully saturated rings. The van der Waals surface area contributed by atoms with E-state index in [-0.39, 0.29) is 24.0 Å². The highest BCUT2D eigenvalue weighted by Crippen LogP contribution is 2.15. The quantitative estimate of drug-likeness (QED) is 0.175. The van der Waals surface area contributed by atoms with Gasteiger partial charge in [0, 0.05) is 39.3 Å². The average molecular weight is 577 g/mol. The summed E-state index contributed by atoms with van der Waals surface area (Å²) in [5.41, 5.74) is 4.83. The highest BCUT2D eigenvalue weighted by Gasteiger charge is 2.10. The van der Waals surface area contributed by atoms with Gasteiger partial charge in [-0.3, -0.25) is 4.90 Å². The first-order chi connectivity index (χ1) is 16.2. The summed E-state index contributed by atoms with van der Waals surface area (Å²) in [6.07, 6.45) is 1.00. The molecule has 8 heteroatoms. The number of aromatic nitrogens is 2. The maximum Gasteiger partial charge on any atom is 0.191 e. The lowest BCUT2D eigenvalue weighted by atomic mass is 10.1. The van der Waals surface area contributed by atoms with E-state index < -0.39 is 0 Å². The predicted molar refractivity (Wildman–Crippen MR) is 150 cm³/mol. The molecule has 1 aromatic heterocycles. The van der Waals surface area contributed by atoms with Gasteiger partial charge in [0.15, 0.2) is 5.96 Å². The molecule has 1 aliphatic heterocycles. The molecule has 0 unspecified atom stereocenters. The summed E-state index contributed by atoms with van der Waals surface area (Å²) in [4.78, 5) is 11.9. The lowest BCUT2D eigenvalue weighted by Crippen LogP contribution is -2.38. The summed E-state index contributed by atoms with van der Waals surface area (Å²) >= 11 is 0. The highest BCUT2D eigenvalue weighted by molar-refractivity contribution is 14.0. The van der Waals surface area contributed by atoms with Gasteiger partial charge in [-0.25, -0.2) is 9.98 Å². The van der Waals surface area contributed by atoms with Crippen LogP contribution in [0.3, 0.4) is 0 Å². The first-order valence-corrected chi connectivity index (χ1v) is 12.0. The van der Waals surface area contributed by atoms with E-state index in [1.165, 1.54) is 16.6 Å². The molecule has 1 saturated heterocycles. The molecule has 4 rings (SSSR count). The second-order valence-electron chi connectivity index (χ2n) is 8.48. The van der Waals surface area contributed by atoms with Gasteiger partial charge in [0.1, 0.15) is 5.82 Å². The van der Waals surface area contributed by atoms with Crippen molar-refractivity contribution in [1.82, 2.24) is 25.1 Å². The molecule has 0 bridgehead atoms. The van der Waals surface area contributed by atoms with E-state index in [0.29, 0.717) is 6.54 Å². The molecular formula is C26H37IN6O. The number of morpholine rings is 1. The van der Waals surface area contributed by atoms with Crippen LogP contribution >= 0.6 is 24.0 Å². The van der Waals surface area contributed by atoms with Gasteiger partial charge in [0.25, 0.3) is 0 Å². The Morgan fingerprint density at radius 3 is 2.53 bits per heavy atom. The third kappa shape index (κ3) is 7.41. The fourth-order valence-corrected chi connectivity index (χ4v) is 4.20. The molecule has 0 aliphatic carbocycles. The number of fused-ring (bicyclic) bond motifs is 1. The number of guanidine groups is 1. The number of halogens is 1. The SMILES string of the molecule is CCNC(=NCc1ccc(CN2CCOCC2)cc1)NCCCn1c(C)nc2ccccc21.I. The van der Waals surface area contributed by atoms with Gasteiger partial charge < -0.3 is 19.9 Å². The van der Waals surface area contributed by atoms with E-state index >= 15 is 0 Å². The van der Waals surface area contributed by atoms with Crippen LogP contribution in [0.4, 0.5) is 0 Å². The number of hydrogen-bond acceptors (Lipinski definition) is 4. The lowest BCUT2D eigenvalue weighted by Gasteiger charge is -2.26. The number of nitrogens with one attached hydrogen (secondary N) is 2. The van der Waals surface area contributed by atoms with Crippen molar-refractivity contribution in [3.05, 3.63) is 65.5 Å².